The van der Waals surface area contributed by atoms with Crippen LogP contribution < -0.4 is 0 Å². The molecule has 0 N–H and O–H groups in total. The number of rotatable bonds is 3. The minimum absolute atomic E-state index is 0.649. The van der Waals surface area contributed by atoms with Crippen LogP contribution in [0.15, 0.2) is 40.8 Å². The summed E-state index contributed by atoms with van der Waals surface area (Å²) < 4.78 is 5.61. The van der Waals surface area contributed by atoms with Crippen molar-refractivity contribution in [3.8, 4) is 11.3 Å². The molecule has 0 radical (unpaired) electrons. The molecule has 76 valence electrons. The fourth-order valence-electron chi connectivity index (χ4n) is 1.56. The van der Waals surface area contributed by atoms with Crippen LogP contribution in [-0.2, 0) is 6.42 Å². The summed E-state index contributed by atoms with van der Waals surface area (Å²) in [6.07, 6.45) is 1.58. The van der Waals surface area contributed by atoms with Gasteiger partial charge in [-0.2, -0.15) is 0 Å². The molecule has 1 aromatic carbocycles. The number of hydrogen-bond acceptors (Lipinski definition) is 2. The van der Waals surface area contributed by atoms with Gasteiger partial charge in [-0.3, -0.25) is 4.79 Å². The molecule has 0 saturated heterocycles. The quantitative estimate of drug-likeness (QED) is 0.711. The summed E-state index contributed by atoms with van der Waals surface area (Å²) in [7, 11) is 0. The Morgan fingerprint density at radius 2 is 2.00 bits per heavy atom. The molecule has 2 rings (SSSR count). The summed E-state index contributed by atoms with van der Waals surface area (Å²) in [5.74, 6) is 1.51. The predicted octanol–water partition coefficient (Wildman–Crippen LogP) is 3.32. The van der Waals surface area contributed by atoms with E-state index in [0.29, 0.717) is 5.56 Å². The second-order valence-electron chi connectivity index (χ2n) is 3.33. The second-order valence-corrected chi connectivity index (χ2v) is 3.33. The zero-order valence-corrected chi connectivity index (χ0v) is 8.57. The maximum absolute atomic E-state index is 10.8. The molecule has 0 spiro atoms. The van der Waals surface area contributed by atoms with E-state index >= 15 is 0 Å². The fourth-order valence-corrected chi connectivity index (χ4v) is 1.56. The fraction of sp³-hybridized carbons (Fsp3) is 0.154. The smallest absolute Gasteiger partial charge is 0.153 e. The van der Waals surface area contributed by atoms with Gasteiger partial charge in [-0.25, -0.2) is 0 Å². The van der Waals surface area contributed by atoms with E-state index in [1.54, 1.807) is 6.07 Å². The van der Waals surface area contributed by atoms with Crippen molar-refractivity contribution in [2.45, 2.75) is 13.3 Å². The van der Waals surface area contributed by atoms with Crippen LogP contribution in [0.5, 0.6) is 0 Å². The largest absolute Gasteiger partial charge is 0.460 e. The molecule has 0 unspecified atom stereocenters. The minimum Gasteiger partial charge on any atom is -0.460 e. The Hall–Kier alpha value is -1.83. The third kappa shape index (κ3) is 1.84. The van der Waals surface area contributed by atoms with Crippen LogP contribution in [0.4, 0.5) is 0 Å². The number of carbonyl (C=O) groups excluding carboxylic acids is 1. The SMILES string of the molecule is CCc1oc(-c2ccccc2)cc1C=O. The Labute approximate surface area is 88.5 Å². The van der Waals surface area contributed by atoms with Gasteiger partial charge in [0.2, 0.25) is 0 Å². The van der Waals surface area contributed by atoms with Crippen molar-refractivity contribution in [2.75, 3.05) is 0 Å². The normalized spacial score (nSPS) is 10.2. The Bertz CT molecular complexity index is 455. The lowest BCUT2D eigenvalue weighted by atomic mass is 10.1. The first-order valence-electron chi connectivity index (χ1n) is 4.98. The van der Waals surface area contributed by atoms with E-state index < -0.39 is 0 Å². The summed E-state index contributed by atoms with van der Waals surface area (Å²) in [4.78, 5) is 10.8. The summed E-state index contributed by atoms with van der Waals surface area (Å²) in [6, 6.07) is 11.6. The highest BCUT2D eigenvalue weighted by Gasteiger charge is 2.09. The first kappa shape index (κ1) is 9.71. The molecule has 0 aliphatic heterocycles. The van der Waals surface area contributed by atoms with Crippen LogP contribution in [-0.4, -0.2) is 6.29 Å². The first-order chi connectivity index (χ1) is 7.35. The van der Waals surface area contributed by atoms with Crippen molar-refractivity contribution in [1.82, 2.24) is 0 Å². The van der Waals surface area contributed by atoms with E-state index in [1.807, 2.05) is 37.3 Å². The number of furan rings is 1. The van der Waals surface area contributed by atoms with Crippen molar-refractivity contribution >= 4 is 6.29 Å². The minimum atomic E-state index is 0.649. The van der Waals surface area contributed by atoms with Gasteiger partial charge in [0.05, 0.1) is 5.56 Å². The number of aldehydes is 1. The van der Waals surface area contributed by atoms with Crippen molar-refractivity contribution in [2.24, 2.45) is 0 Å². The van der Waals surface area contributed by atoms with Crippen LogP contribution in [0.1, 0.15) is 23.0 Å². The number of carbonyl (C=O) groups is 1. The van der Waals surface area contributed by atoms with Gasteiger partial charge in [-0.05, 0) is 6.07 Å². The Balaban J connectivity index is 2.46. The van der Waals surface area contributed by atoms with Crippen LogP contribution in [0.25, 0.3) is 11.3 Å². The Kier molecular flexibility index (Phi) is 2.68. The highest BCUT2D eigenvalue weighted by Crippen LogP contribution is 2.24. The summed E-state index contributed by atoms with van der Waals surface area (Å²) in [5, 5.41) is 0. The van der Waals surface area contributed by atoms with Gasteiger partial charge < -0.3 is 4.42 Å². The average molecular weight is 200 g/mol. The van der Waals surface area contributed by atoms with Gasteiger partial charge in [-0.1, -0.05) is 37.3 Å². The van der Waals surface area contributed by atoms with E-state index in [2.05, 4.69) is 0 Å². The van der Waals surface area contributed by atoms with E-state index in [-0.39, 0.29) is 0 Å². The molecule has 2 nitrogen and oxygen atoms in total. The van der Waals surface area contributed by atoms with Gasteiger partial charge in [0.1, 0.15) is 11.5 Å². The molecule has 0 aliphatic carbocycles. The first-order valence-corrected chi connectivity index (χ1v) is 4.98. The molecule has 0 atom stereocenters. The standard InChI is InChI=1S/C13H12O2/c1-2-12-11(9-14)8-13(15-12)10-6-4-3-5-7-10/h3-9H,2H2,1H3. The van der Waals surface area contributed by atoms with Gasteiger partial charge in [-0.15, -0.1) is 0 Å². The van der Waals surface area contributed by atoms with Crippen molar-refractivity contribution in [1.29, 1.82) is 0 Å². The third-order valence-electron chi connectivity index (χ3n) is 2.35. The molecule has 0 amide bonds. The van der Waals surface area contributed by atoms with Crippen molar-refractivity contribution < 1.29 is 9.21 Å². The van der Waals surface area contributed by atoms with Crippen molar-refractivity contribution in [3.63, 3.8) is 0 Å². The lowest BCUT2D eigenvalue weighted by molar-refractivity contribution is 0.112. The molecule has 1 aromatic heterocycles. The molecule has 0 saturated carbocycles. The van der Waals surface area contributed by atoms with E-state index in [9.17, 15) is 4.79 Å². The van der Waals surface area contributed by atoms with Crippen LogP contribution in [0.2, 0.25) is 0 Å². The molecular weight excluding hydrogens is 188 g/mol. The zero-order chi connectivity index (χ0) is 10.7. The summed E-state index contributed by atoms with van der Waals surface area (Å²) >= 11 is 0. The highest BCUT2D eigenvalue weighted by molar-refractivity contribution is 5.79. The Morgan fingerprint density at radius 3 is 2.53 bits per heavy atom. The van der Waals surface area contributed by atoms with Crippen LogP contribution >= 0.6 is 0 Å². The van der Waals surface area contributed by atoms with Crippen LogP contribution in [0, 0.1) is 0 Å². The number of aryl methyl sites for hydroxylation is 1. The van der Waals surface area contributed by atoms with Gasteiger partial charge in [0.25, 0.3) is 0 Å². The van der Waals surface area contributed by atoms with Gasteiger partial charge in [0, 0.05) is 12.0 Å². The van der Waals surface area contributed by atoms with Crippen LogP contribution in [0.3, 0.4) is 0 Å². The van der Waals surface area contributed by atoms with E-state index in [0.717, 1.165) is 29.8 Å². The van der Waals surface area contributed by atoms with Gasteiger partial charge >= 0.3 is 0 Å². The van der Waals surface area contributed by atoms with Gasteiger partial charge in [0.15, 0.2) is 6.29 Å². The van der Waals surface area contributed by atoms with E-state index in [4.69, 9.17) is 4.42 Å². The zero-order valence-electron chi connectivity index (χ0n) is 8.57. The predicted molar refractivity (Wildman–Crippen MR) is 58.9 cm³/mol. The monoisotopic (exact) mass is 200 g/mol. The molecule has 0 fully saturated rings. The van der Waals surface area contributed by atoms with E-state index in [1.165, 1.54) is 0 Å². The average Bonchev–Trinajstić information content (AvgIpc) is 2.73. The molecule has 0 aliphatic rings. The maximum atomic E-state index is 10.8. The highest BCUT2D eigenvalue weighted by atomic mass is 16.3. The Morgan fingerprint density at radius 1 is 1.27 bits per heavy atom. The molecule has 15 heavy (non-hydrogen) atoms. The summed E-state index contributed by atoms with van der Waals surface area (Å²) in [5.41, 5.74) is 1.65. The molecular formula is C13H12O2. The molecule has 2 heteroatoms. The summed E-state index contributed by atoms with van der Waals surface area (Å²) in [6.45, 7) is 1.97. The lowest BCUT2D eigenvalue weighted by Crippen LogP contribution is -1.81. The number of hydrogen-bond donors (Lipinski definition) is 0. The number of benzene rings is 1. The molecule has 1 heterocycles. The topological polar surface area (TPSA) is 30.2 Å². The van der Waals surface area contributed by atoms with Crippen molar-refractivity contribution in [3.05, 3.63) is 47.7 Å². The molecule has 2 aromatic rings. The second kappa shape index (κ2) is 4.13. The lowest BCUT2D eigenvalue weighted by Gasteiger charge is -1.94. The third-order valence-corrected chi connectivity index (χ3v) is 2.35. The molecule has 0 bridgehead atoms. The maximum Gasteiger partial charge on any atom is 0.153 e.